The monoisotopic (exact) mass is 714 g/mol. The molecule has 2 atom stereocenters. The van der Waals surface area contributed by atoms with E-state index >= 15 is 0 Å². The standard InChI is InChI=1S/C36H49ClF2N4O3Si2/c1-34(2,3)47(9,10)45-29-19-27(30-24(37)14-13-15-28(30)44-33(38)39)43-26-18-22(16-17-25(26)42-31(29)43)23-20-40-32(41-21-23)36(7,8)46-48(11,12)35(4,5)6/h13-18,20-21,27,29,33H,19H2,1-12H3/t27-,29+/m1/s1. The molecule has 12 heteroatoms. The van der Waals surface area contributed by atoms with Crippen LogP contribution < -0.4 is 4.74 Å². The van der Waals surface area contributed by atoms with Crippen molar-refractivity contribution in [1.82, 2.24) is 19.5 Å². The van der Waals surface area contributed by atoms with Crippen LogP contribution in [0, 0.1) is 0 Å². The third-order valence-electron chi connectivity index (χ3n) is 10.4. The maximum Gasteiger partial charge on any atom is 0.387 e. The van der Waals surface area contributed by atoms with E-state index in [9.17, 15) is 8.78 Å². The number of benzene rings is 2. The molecule has 2 aromatic carbocycles. The molecule has 0 amide bonds. The largest absolute Gasteiger partial charge is 0.434 e. The Labute approximate surface area is 290 Å². The molecule has 48 heavy (non-hydrogen) atoms. The second-order valence-corrected chi connectivity index (χ2v) is 26.2. The molecule has 0 saturated carbocycles. The molecule has 1 aliphatic rings. The van der Waals surface area contributed by atoms with E-state index in [1.807, 2.05) is 44.4 Å². The van der Waals surface area contributed by atoms with Crippen LogP contribution >= 0.6 is 11.6 Å². The van der Waals surface area contributed by atoms with Gasteiger partial charge in [0.15, 0.2) is 22.5 Å². The summed E-state index contributed by atoms with van der Waals surface area (Å²) in [5.74, 6) is 1.42. The van der Waals surface area contributed by atoms with Gasteiger partial charge in [-0.15, -0.1) is 0 Å². The quantitative estimate of drug-likeness (QED) is 0.161. The Morgan fingerprint density at radius 2 is 1.50 bits per heavy atom. The van der Waals surface area contributed by atoms with E-state index < -0.39 is 34.9 Å². The van der Waals surface area contributed by atoms with Crippen LogP contribution in [-0.2, 0) is 14.5 Å². The first kappa shape index (κ1) is 36.6. The fourth-order valence-electron chi connectivity index (χ4n) is 5.80. The Morgan fingerprint density at radius 1 is 0.875 bits per heavy atom. The number of aromatic nitrogens is 4. The topological polar surface area (TPSA) is 71.3 Å². The summed E-state index contributed by atoms with van der Waals surface area (Å²) >= 11 is 6.76. The van der Waals surface area contributed by atoms with Crippen LogP contribution in [0.4, 0.5) is 8.78 Å². The summed E-state index contributed by atoms with van der Waals surface area (Å²) in [6.45, 7) is 23.1. The van der Waals surface area contributed by atoms with E-state index in [1.54, 1.807) is 12.1 Å². The minimum Gasteiger partial charge on any atom is -0.434 e. The summed E-state index contributed by atoms with van der Waals surface area (Å²) < 4.78 is 47.9. The Hall–Kier alpha value is -2.71. The van der Waals surface area contributed by atoms with Gasteiger partial charge in [-0.1, -0.05) is 65.3 Å². The normalized spacial score (nSPS) is 17.8. The lowest BCUT2D eigenvalue weighted by atomic mass is 10.0. The number of halogens is 3. The van der Waals surface area contributed by atoms with Crippen molar-refractivity contribution in [2.24, 2.45) is 0 Å². The van der Waals surface area contributed by atoms with Crippen LogP contribution in [0.25, 0.3) is 22.2 Å². The van der Waals surface area contributed by atoms with Gasteiger partial charge in [0.2, 0.25) is 0 Å². The van der Waals surface area contributed by atoms with Crippen molar-refractivity contribution in [1.29, 1.82) is 0 Å². The van der Waals surface area contributed by atoms with Crippen molar-refractivity contribution < 1.29 is 22.4 Å². The highest BCUT2D eigenvalue weighted by Crippen LogP contribution is 2.51. The zero-order valence-corrected chi connectivity index (χ0v) is 33.0. The van der Waals surface area contributed by atoms with Crippen LogP contribution in [0.1, 0.15) is 91.2 Å². The molecule has 0 bridgehead atoms. The van der Waals surface area contributed by atoms with E-state index in [4.69, 9.17) is 40.1 Å². The molecule has 260 valence electrons. The van der Waals surface area contributed by atoms with E-state index in [0.717, 1.165) is 28.0 Å². The molecule has 0 radical (unpaired) electrons. The third kappa shape index (κ3) is 6.99. The van der Waals surface area contributed by atoms with Gasteiger partial charge < -0.3 is 18.2 Å². The number of imidazole rings is 1. The van der Waals surface area contributed by atoms with Crippen molar-refractivity contribution in [2.75, 3.05) is 0 Å². The molecule has 5 rings (SSSR count). The van der Waals surface area contributed by atoms with Gasteiger partial charge in [-0.25, -0.2) is 15.0 Å². The van der Waals surface area contributed by atoms with Crippen molar-refractivity contribution in [3.8, 4) is 16.9 Å². The molecule has 0 saturated heterocycles. The zero-order valence-electron chi connectivity index (χ0n) is 30.2. The van der Waals surface area contributed by atoms with Gasteiger partial charge in [0.25, 0.3) is 0 Å². The Bertz CT molecular complexity index is 1800. The van der Waals surface area contributed by atoms with Gasteiger partial charge >= 0.3 is 6.61 Å². The SMILES string of the molecule is CC(C)(O[Si](C)(C)C(C)(C)C)c1ncc(-c2ccc3nc4n(c3c2)[C@@H](c2c(Cl)cccc2OC(F)F)C[C@@H]4O[Si](C)(C)C(C)(C)C)cn1. The molecule has 2 aromatic heterocycles. The smallest absolute Gasteiger partial charge is 0.387 e. The Balaban J connectivity index is 1.59. The van der Waals surface area contributed by atoms with Crippen LogP contribution in [0.3, 0.4) is 0 Å². The van der Waals surface area contributed by atoms with E-state index in [-0.39, 0.29) is 21.9 Å². The van der Waals surface area contributed by atoms with Gasteiger partial charge in [-0.2, -0.15) is 8.78 Å². The average Bonchev–Trinajstić information content (AvgIpc) is 3.48. The molecule has 0 spiro atoms. The fourth-order valence-corrected chi connectivity index (χ4v) is 9.04. The van der Waals surface area contributed by atoms with E-state index in [2.05, 4.69) is 72.3 Å². The average molecular weight is 715 g/mol. The summed E-state index contributed by atoms with van der Waals surface area (Å²) in [6.07, 6.45) is 3.78. The predicted molar refractivity (Wildman–Crippen MR) is 194 cm³/mol. The predicted octanol–water partition coefficient (Wildman–Crippen LogP) is 11.1. The number of hydrogen-bond acceptors (Lipinski definition) is 6. The van der Waals surface area contributed by atoms with E-state index in [0.29, 0.717) is 22.8 Å². The number of fused-ring (bicyclic) bond motifs is 3. The number of nitrogens with zero attached hydrogens (tertiary/aromatic N) is 4. The molecule has 1 aliphatic heterocycles. The lowest BCUT2D eigenvalue weighted by molar-refractivity contribution is -0.0507. The van der Waals surface area contributed by atoms with Gasteiger partial charge in [0.05, 0.1) is 17.1 Å². The lowest BCUT2D eigenvalue weighted by Crippen LogP contribution is -2.46. The first-order valence-corrected chi connectivity index (χ1v) is 22.7. The van der Waals surface area contributed by atoms with Crippen molar-refractivity contribution in [3.63, 3.8) is 0 Å². The maximum absolute atomic E-state index is 13.6. The van der Waals surface area contributed by atoms with E-state index in [1.165, 1.54) is 6.07 Å². The third-order valence-corrected chi connectivity index (χ3v) is 19.8. The Kier molecular flexibility index (Phi) is 9.57. The number of hydrogen-bond donors (Lipinski definition) is 0. The number of alkyl halides is 2. The van der Waals surface area contributed by atoms with Crippen LogP contribution in [0.2, 0.25) is 41.3 Å². The fraction of sp³-hybridized carbons (Fsp3) is 0.528. The first-order valence-electron chi connectivity index (χ1n) is 16.5. The Morgan fingerprint density at radius 3 is 2.08 bits per heavy atom. The highest BCUT2D eigenvalue weighted by atomic mass is 35.5. The molecule has 4 aromatic rings. The lowest BCUT2D eigenvalue weighted by Gasteiger charge is -2.42. The summed E-state index contributed by atoms with van der Waals surface area (Å²) in [4.78, 5) is 14.6. The zero-order chi connectivity index (χ0) is 35.6. The van der Waals surface area contributed by atoms with Crippen LogP contribution in [-0.4, -0.2) is 42.8 Å². The molecule has 0 aliphatic carbocycles. The van der Waals surface area contributed by atoms with Crippen molar-refractivity contribution >= 4 is 39.3 Å². The van der Waals surface area contributed by atoms with Crippen LogP contribution in [0.15, 0.2) is 48.8 Å². The van der Waals surface area contributed by atoms with Gasteiger partial charge in [-0.3, -0.25) is 0 Å². The first-order chi connectivity index (χ1) is 22.0. The second-order valence-electron chi connectivity index (χ2n) is 16.4. The minimum atomic E-state index is -2.99. The summed E-state index contributed by atoms with van der Waals surface area (Å²) in [5.41, 5.74) is 3.17. The molecule has 0 unspecified atom stereocenters. The van der Waals surface area contributed by atoms with Gasteiger partial charge in [0, 0.05) is 35.0 Å². The van der Waals surface area contributed by atoms with Gasteiger partial charge in [0.1, 0.15) is 23.3 Å². The molecular formula is C36H49ClF2N4O3Si2. The highest BCUT2D eigenvalue weighted by Gasteiger charge is 2.46. The highest BCUT2D eigenvalue weighted by molar-refractivity contribution is 6.74. The second kappa shape index (κ2) is 12.6. The number of rotatable bonds is 9. The molecule has 3 heterocycles. The molecular weight excluding hydrogens is 666 g/mol. The summed E-state index contributed by atoms with van der Waals surface area (Å²) in [5, 5.41) is 0.357. The van der Waals surface area contributed by atoms with Crippen molar-refractivity contribution in [2.45, 2.75) is 122 Å². The van der Waals surface area contributed by atoms with Crippen LogP contribution in [0.5, 0.6) is 5.75 Å². The molecule has 0 fully saturated rings. The minimum absolute atomic E-state index is 0.0418. The van der Waals surface area contributed by atoms with Crippen molar-refractivity contribution in [3.05, 3.63) is 71.0 Å². The summed E-state index contributed by atoms with van der Waals surface area (Å²) in [6, 6.07) is 10.4. The number of ether oxygens (including phenoxy) is 1. The molecule has 0 N–H and O–H groups in total. The summed E-state index contributed by atoms with van der Waals surface area (Å²) in [7, 11) is -4.32. The maximum atomic E-state index is 13.6. The van der Waals surface area contributed by atoms with Gasteiger partial charge in [-0.05, 0) is 79.9 Å². The molecule has 7 nitrogen and oxygen atoms in total.